The van der Waals surface area contributed by atoms with E-state index in [9.17, 15) is 19.8 Å². The van der Waals surface area contributed by atoms with Gasteiger partial charge in [0.1, 0.15) is 12.2 Å². The second kappa shape index (κ2) is 6.61. The Bertz CT molecular complexity index is 368. The van der Waals surface area contributed by atoms with Gasteiger partial charge in [0.15, 0.2) is 11.6 Å². The Morgan fingerprint density at radius 3 is 2.78 bits per heavy atom. The zero-order chi connectivity index (χ0) is 13.7. The van der Waals surface area contributed by atoms with E-state index in [1.807, 2.05) is 19.1 Å². The Labute approximate surface area is 107 Å². The fraction of sp³-hybridized carbons (Fsp3) is 0.571. The van der Waals surface area contributed by atoms with E-state index in [1.54, 1.807) is 6.08 Å². The summed E-state index contributed by atoms with van der Waals surface area (Å²) in [5, 5.41) is 19.2. The molecule has 0 aliphatic heterocycles. The van der Waals surface area contributed by atoms with Crippen LogP contribution in [-0.4, -0.2) is 34.0 Å². The predicted molar refractivity (Wildman–Crippen MR) is 67.9 cm³/mol. The number of unbranched alkanes of at least 4 members (excludes halogenated alkanes) is 1. The van der Waals surface area contributed by atoms with Gasteiger partial charge < -0.3 is 10.2 Å². The van der Waals surface area contributed by atoms with Crippen LogP contribution < -0.4 is 0 Å². The SMILES string of the molecule is CCC/C=C/[C@@H]1C=CC(=O)[C@@H](O)[C@H]1C(=O)C(C)O. The molecule has 0 saturated heterocycles. The molecule has 4 heteroatoms. The van der Waals surface area contributed by atoms with Gasteiger partial charge in [-0.25, -0.2) is 0 Å². The third-order valence-electron chi connectivity index (χ3n) is 3.08. The predicted octanol–water partition coefficient (Wildman–Crippen LogP) is 1.02. The molecular formula is C14H20O4. The lowest BCUT2D eigenvalue weighted by atomic mass is 9.77. The molecule has 0 heterocycles. The molecule has 18 heavy (non-hydrogen) atoms. The molecule has 0 spiro atoms. The van der Waals surface area contributed by atoms with Crippen molar-refractivity contribution in [2.24, 2.45) is 11.8 Å². The summed E-state index contributed by atoms with van der Waals surface area (Å²) in [6.45, 7) is 3.39. The first-order chi connectivity index (χ1) is 8.49. The molecule has 0 aromatic rings. The lowest BCUT2D eigenvalue weighted by Crippen LogP contribution is -2.44. The van der Waals surface area contributed by atoms with Crippen LogP contribution in [0.3, 0.4) is 0 Å². The van der Waals surface area contributed by atoms with Crippen LogP contribution in [-0.2, 0) is 9.59 Å². The van der Waals surface area contributed by atoms with Crippen molar-refractivity contribution in [1.29, 1.82) is 0 Å². The van der Waals surface area contributed by atoms with Gasteiger partial charge in [-0.3, -0.25) is 9.59 Å². The normalized spacial score (nSPS) is 29.8. The Balaban J connectivity index is 2.94. The minimum absolute atomic E-state index is 0.327. The molecule has 1 aliphatic rings. The minimum Gasteiger partial charge on any atom is -0.386 e. The van der Waals surface area contributed by atoms with Crippen LogP contribution in [0.5, 0.6) is 0 Å². The molecule has 0 radical (unpaired) electrons. The van der Waals surface area contributed by atoms with Crippen LogP contribution in [0, 0.1) is 11.8 Å². The lowest BCUT2D eigenvalue weighted by Gasteiger charge is -2.28. The van der Waals surface area contributed by atoms with Gasteiger partial charge in [0.2, 0.25) is 0 Å². The van der Waals surface area contributed by atoms with Crippen molar-refractivity contribution in [3.63, 3.8) is 0 Å². The summed E-state index contributed by atoms with van der Waals surface area (Å²) in [5.41, 5.74) is 0. The number of carbonyl (C=O) groups is 2. The summed E-state index contributed by atoms with van der Waals surface area (Å²) in [6.07, 6.45) is 6.01. The summed E-state index contributed by atoms with van der Waals surface area (Å²) in [6, 6.07) is 0. The van der Waals surface area contributed by atoms with Crippen LogP contribution in [0.1, 0.15) is 26.7 Å². The van der Waals surface area contributed by atoms with Crippen molar-refractivity contribution in [3.05, 3.63) is 24.3 Å². The van der Waals surface area contributed by atoms with E-state index < -0.39 is 29.7 Å². The fourth-order valence-corrected chi connectivity index (χ4v) is 2.04. The molecule has 0 amide bonds. The highest BCUT2D eigenvalue weighted by Crippen LogP contribution is 2.27. The summed E-state index contributed by atoms with van der Waals surface area (Å²) < 4.78 is 0. The average molecular weight is 252 g/mol. The number of hydrogen-bond acceptors (Lipinski definition) is 4. The van der Waals surface area contributed by atoms with Crippen LogP contribution >= 0.6 is 0 Å². The van der Waals surface area contributed by atoms with Crippen LogP contribution in [0.15, 0.2) is 24.3 Å². The largest absolute Gasteiger partial charge is 0.386 e. The van der Waals surface area contributed by atoms with Gasteiger partial charge in [-0.15, -0.1) is 0 Å². The van der Waals surface area contributed by atoms with E-state index in [1.165, 1.54) is 13.0 Å². The van der Waals surface area contributed by atoms with Crippen LogP contribution in [0.2, 0.25) is 0 Å². The maximum atomic E-state index is 11.9. The third kappa shape index (κ3) is 3.37. The number of aliphatic hydroxyl groups is 2. The number of allylic oxidation sites excluding steroid dienone is 3. The van der Waals surface area contributed by atoms with Gasteiger partial charge in [-0.1, -0.05) is 31.6 Å². The highest BCUT2D eigenvalue weighted by atomic mass is 16.3. The van der Waals surface area contributed by atoms with Crippen molar-refractivity contribution < 1.29 is 19.8 Å². The Hall–Kier alpha value is -1.26. The molecular weight excluding hydrogens is 232 g/mol. The zero-order valence-corrected chi connectivity index (χ0v) is 10.7. The van der Waals surface area contributed by atoms with Crippen molar-refractivity contribution in [1.82, 2.24) is 0 Å². The van der Waals surface area contributed by atoms with Gasteiger partial charge in [0.05, 0.1) is 5.92 Å². The van der Waals surface area contributed by atoms with E-state index >= 15 is 0 Å². The van der Waals surface area contributed by atoms with Crippen molar-refractivity contribution in [2.45, 2.75) is 38.9 Å². The topological polar surface area (TPSA) is 74.6 Å². The highest BCUT2D eigenvalue weighted by molar-refractivity contribution is 6.00. The van der Waals surface area contributed by atoms with E-state index in [0.29, 0.717) is 0 Å². The maximum Gasteiger partial charge on any atom is 0.184 e. The van der Waals surface area contributed by atoms with Gasteiger partial charge in [-0.05, 0) is 19.4 Å². The first-order valence-electron chi connectivity index (χ1n) is 6.27. The standard InChI is InChI=1S/C14H20O4/c1-3-4-5-6-10-7-8-11(16)14(18)12(10)13(17)9(2)15/h5-10,12,14-15,18H,3-4H2,1-2H3/b6-5+/t9?,10-,12-,14-/m1/s1. The molecule has 4 atom stereocenters. The quantitative estimate of drug-likeness (QED) is 0.716. The first-order valence-corrected chi connectivity index (χ1v) is 6.27. The van der Waals surface area contributed by atoms with Crippen molar-refractivity contribution in [3.8, 4) is 0 Å². The van der Waals surface area contributed by atoms with Crippen LogP contribution in [0.25, 0.3) is 0 Å². The number of Topliss-reactive ketones (excluding diaryl/α,β-unsaturated/α-hetero) is 1. The number of ketones is 2. The van der Waals surface area contributed by atoms with E-state index in [2.05, 4.69) is 0 Å². The number of hydrogen-bond donors (Lipinski definition) is 2. The van der Waals surface area contributed by atoms with E-state index in [0.717, 1.165) is 12.8 Å². The Kier molecular flexibility index (Phi) is 5.44. The third-order valence-corrected chi connectivity index (χ3v) is 3.08. The number of carbonyl (C=O) groups excluding carboxylic acids is 2. The van der Waals surface area contributed by atoms with Crippen molar-refractivity contribution >= 4 is 11.6 Å². The molecule has 1 unspecified atom stereocenters. The molecule has 1 rings (SSSR count). The summed E-state index contributed by atoms with van der Waals surface area (Å²) in [7, 11) is 0. The lowest BCUT2D eigenvalue weighted by molar-refractivity contribution is -0.141. The molecule has 0 saturated carbocycles. The number of rotatable bonds is 5. The Morgan fingerprint density at radius 1 is 1.56 bits per heavy atom. The molecule has 4 nitrogen and oxygen atoms in total. The summed E-state index contributed by atoms with van der Waals surface area (Å²) in [4.78, 5) is 23.3. The first kappa shape index (κ1) is 14.8. The maximum absolute atomic E-state index is 11.9. The van der Waals surface area contributed by atoms with Gasteiger partial charge in [0.25, 0.3) is 0 Å². The van der Waals surface area contributed by atoms with Crippen LogP contribution in [0.4, 0.5) is 0 Å². The monoisotopic (exact) mass is 252 g/mol. The highest BCUT2D eigenvalue weighted by Gasteiger charge is 2.39. The molecule has 0 bridgehead atoms. The van der Waals surface area contributed by atoms with Crippen molar-refractivity contribution in [2.75, 3.05) is 0 Å². The summed E-state index contributed by atoms with van der Waals surface area (Å²) in [5.74, 6) is -2.18. The van der Waals surface area contributed by atoms with E-state index in [-0.39, 0.29) is 5.92 Å². The average Bonchev–Trinajstić information content (AvgIpc) is 2.33. The number of aliphatic hydroxyl groups excluding tert-OH is 2. The van der Waals surface area contributed by atoms with Gasteiger partial charge >= 0.3 is 0 Å². The second-order valence-electron chi connectivity index (χ2n) is 4.60. The van der Waals surface area contributed by atoms with Gasteiger partial charge in [-0.2, -0.15) is 0 Å². The fourth-order valence-electron chi connectivity index (χ4n) is 2.04. The molecule has 0 aromatic heterocycles. The molecule has 2 N–H and O–H groups in total. The zero-order valence-electron chi connectivity index (χ0n) is 10.7. The minimum atomic E-state index is -1.35. The molecule has 1 aliphatic carbocycles. The molecule has 0 fully saturated rings. The second-order valence-corrected chi connectivity index (χ2v) is 4.60. The Morgan fingerprint density at radius 2 is 2.22 bits per heavy atom. The van der Waals surface area contributed by atoms with Gasteiger partial charge in [0, 0.05) is 5.92 Å². The molecule has 100 valence electrons. The summed E-state index contributed by atoms with van der Waals surface area (Å²) >= 11 is 0. The smallest absolute Gasteiger partial charge is 0.184 e. The van der Waals surface area contributed by atoms with E-state index in [4.69, 9.17) is 0 Å². The molecule has 0 aromatic carbocycles.